The van der Waals surface area contributed by atoms with Crippen molar-refractivity contribution >= 4 is 33.3 Å². The smallest absolute Gasteiger partial charge is 0.299 e. The lowest BCUT2D eigenvalue weighted by molar-refractivity contribution is -0.114. The Morgan fingerprint density at radius 2 is 2.05 bits per heavy atom. The second-order valence-electron chi connectivity index (χ2n) is 4.56. The van der Waals surface area contributed by atoms with Crippen molar-refractivity contribution in [2.75, 3.05) is 11.4 Å². The predicted octanol–water partition coefficient (Wildman–Crippen LogP) is 2.62. The van der Waals surface area contributed by atoms with Crippen molar-refractivity contribution in [2.24, 2.45) is 0 Å². The summed E-state index contributed by atoms with van der Waals surface area (Å²) in [6, 6.07) is 9.14. The van der Waals surface area contributed by atoms with E-state index in [2.05, 4.69) is 20.9 Å². The van der Waals surface area contributed by atoms with Crippen molar-refractivity contribution in [3.8, 4) is 0 Å². The highest BCUT2D eigenvalue weighted by atomic mass is 79.9. The van der Waals surface area contributed by atoms with Gasteiger partial charge >= 0.3 is 0 Å². The number of hydrogen-bond donors (Lipinski definition) is 0. The fourth-order valence-electron chi connectivity index (χ4n) is 2.28. The highest BCUT2D eigenvalue weighted by Crippen LogP contribution is 2.31. The number of ketones is 1. The van der Waals surface area contributed by atoms with Crippen LogP contribution in [0.1, 0.15) is 15.9 Å². The molecule has 2 aromatic rings. The zero-order valence-corrected chi connectivity index (χ0v) is 12.1. The van der Waals surface area contributed by atoms with Crippen LogP contribution >= 0.6 is 15.9 Å². The molecule has 1 aromatic heterocycles. The summed E-state index contributed by atoms with van der Waals surface area (Å²) in [5, 5.41) is 0. The average molecular weight is 331 g/mol. The lowest BCUT2D eigenvalue weighted by atomic mass is 10.1. The van der Waals surface area contributed by atoms with Crippen molar-refractivity contribution < 1.29 is 9.59 Å². The highest BCUT2D eigenvalue weighted by Gasteiger charge is 2.35. The van der Waals surface area contributed by atoms with Crippen molar-refractivity contribution in [1.82, 2.24) is 4.98 Å². The number of carbonyl (C=O) groups is 2. The molecule has 0 bridgehead atoms. The largest absolute Gasteiger partial charge is 0.304 e. The van der Waals surface area contributed by atoms with Gasteiger partial charge in [0.1, 0.15) is 0 Å². The topological polar surface area (TPSA) is 50.3 Å². The Bertz CT molecular complexity index is 686. The number of anilines is 1. The third-order valence-electron chi connectivity index (χ3n) is 3.28. The van der Waals surface area contributed by atoms with Gasteiger partial charge in [0, 0.05) is 23.4 Å². The number of hydrogen-bond acceptors (Lipinski definition) is 3. The summed E-state index contributed by atoms with van der Waals surface area (Å²) in [4.78, 5) is 29.6. The molecule has 100 valence electrons. The number of Topliss-reactive ketones (excluding diaryl/α,β-unsaturated/α-hetero) is 1. The molecular weight excluding hydrogens is 320 g/mol. The molecule has 3 rings (SSSR count). The van der Waals surface area contributed by atoms with E-state index in [0.717, 1.165) is 10.0 Å². The number of aromatic nitrogens is 1. The minimum atomic E-state index is -0.456. The van der Waals surface area contributed by atoms with Crippen LogP contribution in [0, 0.1) is 0 Å². The first-order valence-electron chi connectivity index (χ1n) is 6.21. The average Bonchev–Trinajstić information content (AvgIpc) is 2.70. The molecule has 2 heterocycles. The van der Waals surface area contributed by atoms with Crippen molar-refractivity contribution in [3.05, 3.63) is 58.3 Å². The number of nitrogens with zero attached hydrogens (tertiary/aromatic N) is 2. The lowest BCUT2D eigenvalue weighted by Gasteiger charge is -2.16. The zero-order valence-electron chi connectivity index (χ0n) is 10.5. The summed E-state index contributed by atoms with van der Waals surface area (Å²) >= 11 is 3.32. The molecule has 0 saturated carbocycles. The third-order valence-corrected chi connectivity index (χ3v) is 3.77. The number of rotatable bonds is 3. The van der Waals surface area contributed by atoms with Gasteiger partial charge in [-0.25, -0.2) is 0 Å². The standard InChI is InChI=1S/C15H11BrN2O2/c16-11-3-4-13-12(8-11)14(19)15(20)18(13)7-5-10-2-1-6-17-9-10/h1-4,6,8-9H,5,7H2. The Morgan fingerprint density at radius 1 is 1.20 bits per heavy atom. The Labute approximate surface area is 124 Å². The molecule has 0 saturated heterocycles. The summed E-state index contributed by atoms with van der Waals surface area (Å²) in [5.74, 6) is -0.894. The molecule has 0 atom stereocenters. The molecule has 1 aliphatic heterocycles. The summed E-state index contributed by atoms with van der Waals surface area (Å²) in [7, 11) is 0. The van der Waals surface area contributed by atoms with Crippen LogP contribution in [0.2, 0.25) is 0 Å². The monoisotopic (exact) mass is 330 g/mol. The molecule has 0 fully saturated rings. The van der Waals surface area contributed by atoms with Gasteiger partial charge in [0.15, 0.2) is 0 Å². The molecule has 0 unspecified atom stereocenters. The van der Waals surface area contributed by atoms with Gasteiger partial charge in [-0.3, -0.25) is 14.6 Å². The molecule has 0 radical (unpaired) electrons. The van der Waals surface area contributed by atoms with E-state index >= 15 is 0 Å². The van der Waals surface area contributed by atoms with Crippen LogP contribution < -0.4 is 4.90 Å². The zero-order chi connectivity index (χ0) is 14.1. The van der Waals surface area contributed by atoms with Crippen molar-refractivity contribution in [3.63, 3.8) is 0 Å². The number of carbonyl (C=O) groups excluding carboxylic acids is 2. The van der Waals surface area contributed by atoms with Gasteiger partial charge in [-0.15, -0.1) is 0 Å². The summed E-state index contributed by atoms with van der Waals surface area (Å²) in [5.41, 5.74) is 2.20. The van der Waals surface area contributed by atoms with Crippen LogP contribution in [0.4, 0.5) is 5.69 Å². The van der Waals surface area contributed by atoms with Gasteiger partial charge < -0.3 is 4.90 Å². The molecule has 20 heavy (non-hydrogen) atoms. The molecule has 0 N–H and O–H groups in total. The predicted molar refractivity (Wildman–Crippen MR) is 78.8 cm³/mol. The fourth-order valence-corrected chi connectivity index (χ4v) is 2.64. The number of benzene rings is 1. The van der Waals surface area contributed by atoms with E-state index in [4.69, 9.17) is 0 Å². The summed E-state index contributed by atoms with van der Waals surface area (Å²) in [6.07, 6.45) is 4.15. The Balaban J connectivity index is 1.84. The SMILES string of the molecule is O=C1C(=O)N(CCc2cccnc2)c2ccc(Br)cc21. The van der Waals surface area contributed by atoms with Crippen LogP contribution in [0.15, 0.2) is 47.2 Å². The normalized spacial score (nSPS) is 13.8. The molecule has 5 heteroatoms. The Morgan fingerprint density at radius 3 is 2.80 bits per heavy atom. The second-order valence-corrected chi connectivity index (χ2v) is 5.47. The number of amides is 1. The molecule has 0 aliphatic carbocycles. The van der Waals surface area contributed by atoms with E-state index in [9.17, 15) is 9.59 Å². The maximum atomic E-state index is 12.0. The van der Waals surface area contributed by atoms with E-state index < -0.39 is 11.7 Å². The van der Waals surface area contributed by atoms with Crippen LogP contribution in [-0.4, -0.2) is 23.2 Å². The maximum Gasteiger partial charge on any atom is 0.299 e. The van der Waals surface area contributed by atoms with E-state index in [1.165, 1.54) is 4.90 Å². The number of fused-ring (bicyclic) bond motifs is 1. The van der Waals surface area contributed by atoms with Crippen molar-refractivity contribution in [1.29, 1.82) is 0 Å². The quantitative estimate of drug-likeness (QED) is 0.813. The first-order chi connectivity index (χ1) is 9.66. The van der Waals surface area contributed by atoms with Gasteiger partial charge in [-0.1, -0.05) is 22.0 Å². The summed E-state index contributed by atoms with van der Waals surface area (Å²) < 4.78 is 0.798. The molecule has 1 amide bonds. The van der Waals surface area contributed by atoms with Gasteiger partial charge in [0.05, 0.1) is 11.3 Å². The highest BCUT2D eigenvalue weighted by molar-refractivity contribution is 9.10. The lowest BCUT2D eigenvalue weighted by Crippen LogP contribution is -2.31. The van der Waals surface area contributed by atoms with Crippen LogP contribution in [0.25, 0.3) is 0 Å². The Hall–Kier alpha value is -2.01. The van der Waals surface area contributed by atoms with Crippen LogP contribution in [0.3, 0.4) is 0 Å². The summed E-state index contributed by atoms with van der Waals surface area (Å²) in [6.45, 7) is 0.477. The van der Waals surface area contributed by atoms with E-state index in [1.54, 1.807) is 24.5 Å². The fraction of sp³-hybridized carbons (Fsp3) is 0.133. The molecule has 0 spiro atoms. The van der Waals surface area contributed by atoms with Gasteiger partial charge in [-0.2, -0.15) is 0 Å². The first kappa shape index (κ1) is 13.0. The number of pyridine rings is 1. The molecule has 1 aromatic carbocycles. The number of halogens is 1. The molecule has 1 aliphatic rings. The van der Waals surface area contributed by atoms with E-state index in [1.807, 2.05) is 18.2 Å². The van der Waals surface area contributed by atoms with E-state index in [-0.39, 0.29) is 0 Å². The van der Waals surface area contributed by atoms with Gasteiger partial charge in [0.25, 0.3) is 11.7 Å². The van der Waals surface area contributed by atoms with Crippen LogP contribution in [-0.2, 0) is 11.2 Å². The molecular formula is C15H11BrN2O2. The van der Waals surface area contributed by atoms with Crippen LogP contribution in [0.5, 0.6) is 0 Å². The second kappa shape index (κ2) is 5.17. The van der Waals surface area contributed by atoms with E-state index in [0.29, 0.717) is 24.2 Å². The first-order valence-corrected chi connectivity index (χ1v) is 7.01. The maximum absolute atomic E-state index is 12.0. The third kappa shape index (κ3) is 2.25. The minimum absolute atomic E-state index is 0.438. The van der Waals surface area contributed by atoms with Gasteiger partial charge in [-0.05, 0) is 36.2 Å². The van der Waals surface area contributed by atoms with Gasteiger partial charge in [0.2, 0.25) is 0 Å². The minimum Gasteiger partial charge on any atom is -0.304 e. The molecule has 4 nitrogen and oxygen atoms in total. The van der Waals surface area contributed by atoms with Crippen molar-refractivity contribution in [2.45, 2.75) is 6.42 Å². The Kier molecular flexibility index (Phi) is 3.36.